The summed E-state index contributed by atoms with van der Waals surface area (Å²) in [6.07, 6.45) is 2.72. The van der Waals surface area contributed by atoms with E-state index in [0.717, 1.165) is 37.9 Å². The van der Waals surface area contributed by atoms with Crippen molar-refractivity contribution in [2.24, 2.45) is 0 Å². The molecular formula is C16H25N3O3S. The molecule has 1 aromatic carbocycles. The first-order valence-corrected chi connectivity index (χ1v) is 9.81. The molecule has 1 saturated carbocycles. The van der Waals surface area contributed by atoms with E-state index >= 15 is 0 Å². The first-order valence-electron chi connectivity index (χ1n) is 8.16. The van der Waals surface area contributed by atoms with Crippen LogP contribution < -0.4 is 9.62 Å². The largest absolute Gasteiger partial charge is 0.384 e. The first kappa shape index (κ1) is 16.5. The summed E-state index contributed by atoms with van der Waals surface area (Å²) in [5.41, 5.74) is 1.75. The molecule has 128 valence electrons. The molecule has 1 aliphatic carbocycles. The third-order valence-corrected chi connectivity index (χ3v) is 5.69. The van der Waals surface area contributed by atoms with Crippen LogP contribution in [0.4, 0.5) is 11.4 Å². The molecule has 1 N–H and O–H groups in total. The second kappa shape index (κ2) is 7.07. The van der Waals surface area contributed by atoms with Crippen LogP contribution in [0.5, 0.6) is 0 Å². The van der Waals surface area contributed by atoms with E-state index in [0.29, 0.717) is 5.69 Å². The van der Waals surface area contributed by atoms with Crippen molar-refractivity contribution >= 4 is 21.4 Å². The van der Waals surface area contributed by atoms with Crippen molar-refractivity contribution in [3.05, 3.63) is 24.3 Å². The Balaban J connectivity index is 1.54. The maximum atomic E-state index is 11.8. The Kier molecular flexibility index (Phi) is 5.08. The SMILES string of the molecule is COCCS(=O)(=O)Nc1ccc(N2CCN(C3CC3)CC2)cc1. The third-order valence-electron chi connectivity index (χ3n) is 4.44. The molecule has 0 unspecified atom stereocenters. The number of hydrogen-bond donors (Lipinski definition) is 1. The van der Waals surface area contributed by atoms with Gasteiger partial charge < -0.3 is 9.64 Å². The summed E-state index contributed by atoms with van der Waals surface area (Å²) in [7, 11) is -1.85. The first-order chi connectivity index (χ1) is 11.1. The van der Waals surface area contributed by atoms with Gasteiger partial charge in [0.15, 0.2) is 0 Å². The van der Waals surface area contributed by atoms with Crippen molar-refractivity contribution in [1.82, 2.24) is 4.90 Å². The lowest BCUT2D eigenvalue weighted by atomic mass is 10.2. The highest BCUT2D eigenvalue weighted by molar-refractivity contribution is 7.92. The average molecular weight is 339 g/mol. The van der Waals surface area contributed by atoms with Gasteiger partial charge in [-0.15, -0.1) is 0 Å². The Labute approximate surface area is 138 Å². The number of piperazine rings is 1. The molecule has 3 rings (SSSR count). The van der Waals surface area contributed by atoms with Crippen molar-refractivity contribution < 1.29 is 13.2 Å². The van der Waals surface area contributed by atoms with Gasteiger partial charge in [-0.25, -0.2) is 8.42 Å². The number of hydrogen-bond acceptors (Lipinski definition) is 5. The van der Waals surface area contributed by atoms with Gasteiger partial charge in [0, 0.05) is 50.7 Å². The Bertz CT molecular complexity index is 606. The van der Waals surface area contributed by atoms with Crippen LogP contribution >= 0.6 is 0 Å². The van der Waals surface area contributed by atoms with Gasteiger partial charge in [-0.1, -0.05) is 0 Å². The monoisotopic (exact) mass is 339 g/mol. The Morgan fingerprint density at radius 1 is 1.13 bits per heavy atom. The molecule has 1 heterocycles. The molecule has 0 spiro atoms. The Morgan fingerprint density at radius 2 is 1.78 bits per heavy atom. The minimum Gasteiger partial charge on any atom is -0.384 e. The number of anilines is 2. The topological polar surface area (TPSA) is 61.9 Å². The Morgan fingerprint density at radius 3 is 2.35 bits per heavy atom. The van der Waals surface area contributed by atoms with Gasteiger partial charge >= 0.3 is 0 Å². The van der Waals surface area contributed by atoms with Crippen molar-refractivity contribution in [2.75, 3.05) is 55.3 Å². The zero-order valence-corrected chi connectivity index (χ0v) is 14.4. The molecule has 23 heavy (non-hydrogen) atoms. The summed E-state index contributed by atoms with van der Waals surface area (Å²) >= 11 is 0. The molecule has 2 aliphatic rings. The van der Waals surface area contributed by atoms with Crippen LogP contribution in [0.1, 0.15) is 12.8 Å². The smallest absolute Gasteiger partial charge is 0.234 e. The minimum atomic E-state index is -3.34. The fourth-order valence-electron chi connectivity index (χ4n) is 2.95. The van der Waals surface area contributed by atoms with Gasteiger partial charge in [-0.05, 0) is 37.1 Å². The molecule has 0 atom stereocenters. The number of methoxy groups -OCH3 is 1. The molecule has 1 saturated heterocycles. The molecular weight excluding hydrogens is 314 g/mol. The molecule has 0 amide bonds. The zero-order valence-electron chi connectivity index (χ0n) is 13.6. The van der Waals surface area contributed by atoms with E-state index in [1.54, 1.807) is 0 Å². The lowest BCUT2D eigenvalue weighted by molar-refractivity contribution is 0.217. The fraction of sp³-hybridized carbons (Fsp3) is 0.625. The van der Waals surface area contributed by atoms with Gasteiger partial charge in [0.05, 0.1) is 12.4 Å². The van der Waals surface area contributed by atoms with Crippen molar-refractivity contribution in [3.63, 3.8) is 0 Å². The van der Waals surface area contributed by atoms with Crippen LogP contribution in [-0.2, 0) is 14.8 Å². The number of nitrogens with zero attached hydrogens (tertiary/aromatic N) is 2. The number of sulfonamides is 1. The third kappa shape index (κ3) is 4.59. The predicted octanol–water partition coefficient (Wildman–Crippen LogP) is 1.36. The summed E-state index contributed by atoms with van der Waals surface area (Å²) in [5, 5.41) is 0. The summed E-state index contributed by atoms with van der Waals surface area (Å²) in [6.45, 7) is 4.51. The highest BCUT2D eigenvalue weighted by Crippen LogP contribution is 2.28. The molecule has 2 fully saturated rings. The molecule has 7 heteroatoms. The van der Waals surface area contributed by atoms with Crippen molar-refractivity contribution in [1.29, 1.82) is 0 Å². The lowest BCUT2D eigenvalue weighted by Gasteiger charge is -2.36. The van der Waals surface area contributed by atoms with Crippen LogP contribution in [0, 0.1) is 0 Å². The van der Waals surface area contributed by atoms with Gasteiger partial charge in [0.1, 0.15) is 0 Å². The average Bonchev–Trinajstić information content (AvgIpc) is 3.39. The van der Waals surface area contributed by atoms with Gasteiger partial charge in [-0.2, -0.15) is 0 Å². The van der Waals surface area contributed by atoms with E-state index in [9.17, 15) is 8.42 Å². The van der Waals surface area contributed by atoms with E-state index < -0.39 is 10.0 Å². The number of ether oxygens (including phenoxy) is 1. The van der Waals surface area contributed by atoms with Crippen molar-refractivity contribution in [2.45, 2.75) is 18.9 Å². The van der Waals surface area contributed by atoms with Gasteiger partial charge in [0.2, 0.25) is 10.0 Å². The van der Waals surface area contributed by atoms with Crippen LogP contribution in [0.25, 0.3) is 0 Å². The van der Waals surface area contributed by atoms with Gasteiger partial charge in [-0.3, -0.25) is 9.62 Å². The summed E-state index contributed by atoms with van der Waals surface area (Å²) < 4.78 is 31.1. The van der Waals surface area contributed by atoms with E-state index in [2.05, 4.69) is 14.5 Å². The standard InChI is InChI=1S/C16H25N3O3S/c1-22-12-13-23(20,21)17-14-2-4-15(5-3-14)18-8-10-19(11-9-18)16-6-7-16/h2-5,16-17H,6-13H2,1H3. The molecule has 0 radical (unpaired) electrons. The van der Waals surface area contributed by atoms with Crippen LogP contribution in [0.15, 0.2) is 24.3 Å². The quantitative estimate of drug-likeness (QED) is 0.813. The van der Waals surface area contributed by atoms with Crippen LogP contribution in [0.2, 0.25) is 0 Å². The number of rotatable bonds is 7. The minimum absolute atomic E-state index is 0.0334. The van der Waals surface area contributed by atoms with Gasteiger partial charge in [0.25, 0.3) is 0 Å². The normalized spacial score (nSPS) is 19.8. The molecule has 1 aliphatic heterocycles. The molecule has 6 nitrogen and oxygen atoms in total. The zero-order chi connectivity index (χ0) is 16.3. The van der Waals surface area contributed by atoms with E-state index in [4.69, 9.17) is 4.74 Å². The second-order valence-corrected chi connectivity index (χ2v) is 8.06. The summed E-state index contributed by atoms with van der Waals surface area (Å²) in [5.74, 6) is -0.0334. The molecule has 1 aromatic rings. The summed E-state index contributed by atoms with van der Waals surface area (Å²) in [4.78, 5) is 4.94. The fourth-order valence-corrected chi connectivity index (χ4v) is 3.93. The second-order valence-electron chi connectivity index (χ2n) is 6.21. The maximum absolute atomic E-state index is 11.8. The summed E-state index contributed by atoms with van der Waals surface area (Å²) in [6, 6.07) is 8.46. The van der Waals surface area contributed by atoms with E-state index in [-0.39, 0.29) is 12.4 Å². The van der Waals surface area contributed by atoms with Crippen molar-refractivity contribution in [3.8, 4) is 0 Å². The highest BCUT2D eigenvalue weighted by atomic mass is 32.2. The Hall–Kier alpha value is -1.31. The maximum Gasteiger partial charge on any atom is 0.234 e. The molecule has 0 aromatic heterocycles. The number of benzene rings is 1. The van der Waals surface area contributed by atoms with Crippen LogP contribution in [-0.4, -0.2) is 65.0 Å². The molecule has 0 bridgehead atoms. The highest BCUT2D eigenvalue weighted by Gasteiger charge is 2.31. The van der Waals surface area contributed by atoms with E-state index in [1.807, 2.05) is 24.3 Å². The van der Waals surface area contributed by atoms with Crippen LogP contribution in [0.3, 0.4) is 0 Å². The predicted molar refractivity (Wildman–Crippen MR) is 92.5 cm³/mol. The van der Waals surface area contributed by atoms with E-state index in [1.165, 1.54) is 20.0 Å². The lowest BCUT2D eigenvalue weighted by Crippen LogP contribution is -2.47. The number of nitrogens with one attached hydrogen (secondary N) is 1.